The molecule has 2 aromatic rings. The number of hydrogen-bond donors (Lipinski definition) is 1. The van der Waals surface area contributed by atoms with Crippen LogP contribution in [-0.4, -0.2) is 10.8 Å². The fourth-order valence-electron chi connectivity index (χ4n) is 1.37. The van der Waals surface area contributed by atoms with Gasteiger partial charge in [-0.25, -0.2) is 0 Å². The van der Waals surface area contributed by atoms with Gasteiger partial charge in [-0.3, -0.25) is 4.79 Å². The van der Waals surface area contributed by atoms with E-state index in [2.05, 4.69) is 20.9 Å². The predicted molar refractivity (Wildman–Crippen MR) is 64.1 cm³/mol. The molecule has 1 aromatic heterocycles. The number of carbonyl (C=O) groups excluding carboxylic acids is 1. The molecule has 1 aromatic carbocycles. The molecule has 2 N–H and O–H groups in total. The Kier molecular flexibility index (Phi) is 2.78. The number of benzene rings is 1. The van der Waals surface area contributed by atoms with Gasteiger partial charge >= 0.3 is 0 Å². The van der Waals surface area contributed by atoms with Crippen LogP contribution in [-0.2, 0) is 0 Å². The van der Waals surface area contributed by atoms with Gasteiger partial charge in [0.1, 0.15) is 0 Å². The number of oxazole rings is 1. The van der Waals surface area contributed by atoms with Crippen molar-refractivity contribution >= 4 is 27.7 Å². The molecule has 0 atom stereocenters. The number of anilines is 1. The molecule has 4 nitrogen and oxygen atoms in total. The first kappa shape index (κ1) is 10.9. The predicted octanol–water partition coefficient (Wildman–Crippen LogP) is 2.89. The average Bonchev–Trinajstić information content (AvgIpc) is 2.61. The van der Waals surface area contributed by atoms with E-state index in [0.29, 0.717) is 5.76 Å². The van der Waals surface area contributed by atoms with Gasteiger partial charge in [0.05, 0.1) is 0 Å². The third-order valence-corrected chi connectivity index (χ3v) is 2.61. The zero-order valence-corrected chi connectivity index (χ0v) is 10.1. The Bertz CT molecular complexity index is 531. The van der Waals surface area contributed by atoms with Crippen LogP contribution < -0.4 is 5.73 Å². The first-order valence-electron chi connectivity index (χ1n) is 4.61. The summed E-state index contributed by atoms with van der Waals surface area (Å²) in [5.74, 6) is 0.246. The van der Waals surface area contributed by atoms with Gasteiger partial charge in [-0.1, -0.05) is 28.1 Å². The number of nitrogen functional groups attached to an aromatic ring is 1. The third kappa shape index (κ3) is 1.99. The molecule has 0 fully saturated rings. The van der Waals surface area contributed by atoms with Gasteiger partial charge in [-0.2, -0.15) is 4.98 Å². The summed E-state index contributed by atoms with van der Waals surface area (Å²) >= 11 is 3.33. The lowest BCUT2D eigenvalue weighted by Crippen LogP contribution is -1.95. The van der Waals surface area contributed by atoms with Crippen LogP contribution >= 0.6 is 15.9 Å². The number of ketones is 1. The molecule has 0 saturated carbocycles. The number of hydrogen-bond acceptors (Lipinski definition) is 4. The summed E-state index contributed by atoms with van der Waals surface area (Å²) in [6.07, 6.45) is 0. The molecule has 0 aliphatic heterocycles. The second-order valence-electron chi connectivity index (χ2n) is 3.29. The average molecular weight is 281 g/mol. The number of aromatic nitrogens is 1. The van der Waals surface area contributed by atoms with E-state index < -0.39 is 0 Å². The lowest BCUT2D eigenvalue weighted by molar-refractivity contribution is 0.101. The number of carbonyl (C=O) groups is 1. The van der Waals surface area contributed by atoms with Gasteiger partial charge in [0.25, 0.3) is 6.01 Å². The van der Waals surface area contributed by atoms with Crippen LogP contribution in [0.5, 0.6) is 0 Å². The molecule has 0 spiro atoms. The Morgan fingerprint density at radius 2 is 2.00 bits per heavy atom. The second kappa shape index (κ2) is 4.09. The molecular weight excluding hydrogens is 272 g/mol. The lowest BCUT2D eigenvalue weighted by atomic mass is 10.1. The SMILES string of the molecule is CC(=O)c1nc(N)oc1-c1ccc(Br)cc1. The van der Waals surface area contributed by atoms with E-state index in [1.165, 1.54) is 6.92 Å². The van der Waals surface area contributed by atoms with Crippen LogP contribution in [0.15, 0.2) is 33.2 Å². The normalized spacial score (nSPS) is 10.4. The molecule has 1 heterocycles. The summed E-state index contributed by atoms with van der Waals surface area (Å²) in [5, 5.41) is 0. The first-order valence-corrected chi connectivity index (χ1v) is 5.40. The zero-order valence-electron chi connectivity index (χ0n) is 8.53. The minimum atomic E-state index is -0.168. The minimum absolute atomic E-state index is 0.00289. The van der Waals surface area contributed by atoms with Crippen molar-refractivity contribution in [3.05, 3.63) is 34.4 Å². The van der Waals surface area contributed by atoms with E-state index >= 15 is 0 Å². The van der Waals surface area contributed by atoms with E-state index in [1.54, 1.807) is 0 Å². The van der Waals surface area contributed by atoms with Crippen LogP contribution in [0.1, 0.15) is 17.4 Å². The van der Waals surface area contributed by atoms with E-state index in [-0.39, 0.29) is 17.5 Å². The summed E-state index contributed by atoms with van der Waals surface area (Å²) in [6, 6.07) is 7.38. The van der Waals surface area contributed by atoms with Crippen LogP contribution in [0, 0.1) is 0 Å². The molecule has 0 saturated heterocycles. The van der Waals surface area contributed by atoms with Crippen molar-refractivity contribution in [2.45, 2.75) is 6.92 Å². The standard InChI is InChI=1S/C11H9BrN2O2/c1-6(15)9-10(16-11(13)14-9)7-2-4-8(12)5-3-7/h2-5H,1H3,(H2,13,14). The summed E-state index contributed by atoms with van der Waals surface area (Å²) in [5.41, 5.74) is 6.48. The molecule has 0 aliphatic rings. The number of nitrogens with zero attached hydrogens (tertiary/aromatic N) is 1. The molecule has 0 radical (unpaired) electrons. The van der Waals surface area contributed by atoms with Gasteiger partial charge in [0.2, 0.25) is 0 Å². The maximum atomic E-state index is 11.3. The molecule has 5 heteroatoms. The van der Waals surface area contributed by atoms with Crippen molar-refractivity contribution in [2.75, 3.05) is 5.73 Å². The monoisotopic (exact) mass is 280 g/mol. The molecule has 2 rings (SSSR count). The molecular formula is C11H9BrN2O2. The number of Topliss-reactive ketones (excluding diaryl/α,β-unsaturated/α-hetero) is 1. The molecule has 0 amide bonds. The lowest BCUT2D eigenvalue weighted by Gasteiger charge is -1.98. The van der Waals surface area contributed by atoms with Crippen molar-refractivity contribution in [3.8, 4) is 11.3 Å². The summed E-state index contributed by atoms with van der Waals surface area (Å²) in [4.78, 5) is 15.2. The fraction of sp³-hybridized carbons (Fsp3) is 0.0909. The third-order valence-electron chi connectivity index (χ3n) is 2.08. The Balaban J connectivity index is 2.55. The van der Waals surface area contributed by atoms with Gasteiger partial charge < -0.3 is 10.2 Å². The Labute approximate surface area is 101 Å². The van der Waals surface area contributed by atoms with Crippen molar-refractivity contribution in [1.29, 1.82) is 0 Å². The number of halogens is 1. The number of nitrogens with two attached hydrogens (primary N) is 1. The van der Waals surface area contributed by atoms with Crippen molar-refractivity contribution < 1.29 is 9.21 Å². The highest BCUT2D eigenvalue weighted by Crippen LogP contribution is 2.27. The summed E-state index contributed by atoms with van der Waals surface area (Å²) < 4.78 is 6.18. The smallest absolute Gasteiger partial charge is 0.293 e. The Morgan fingerprint density at radius 3 is 2.56 bits per heavy atom. The maximum absolute atomic E-state index is 11.3. The fourth-order valence-corrected chi connectivity index (χ4v) is 1.64. The topological polar surface area (TPSA) is 69.1 Å². The van der Waals surface area contributed by atoms with Gasteiger partial charge in [0.15, 0.2) is 17.2 Å². The van der Waals surface area contributed by atoms with Gasteiger partial charge in [0, 0.05) is 17.0 Å². The number of rotatable bonds is 2. The Morgan fingerprint density at radius 1 is 1.38 bits per heavy atom. The quantitative estimate of drug-likeness (QED) is 0.859. The molecule has 82 valence electrons. The highest BCUT2D eigenvalue weighted by atomic mass is 79.9. The van der Waals surface area contributed by atoms with E-state index in [9.17, 15) is 4.79 Å². The van der Waals surface area contributed by atoms with E-state index in [1.807, 2.05) is 24.3 Å². The zero-order chi connectivity index (χ0) is 11.7. The highest BCUT2D eigenvalue weighted by molar-refractivity contribution is 9.10. The first-order chi connectivity index (χ1) is 7.58. The van der Waals surface area contributed by atoms with E-state index in [0.717, 1.165) is 10.0 Å². The highest BCUT2D eigenvalue weighted by Gasteiger charge is 2.16. The van der Waals surface area contributed by atoms with Crippen LogP contribution in [0.3, 0.4) is 0 Å². The minimum Gasteiger partial charge on any atom is -0.423 e. The van der Waals surface area contributed by atoms with E-state index in [4.69, 9.17) is 10.2 Å². The Hall–Kier alpha value is -1.62. The van der Waals surface area contributed by atoms with Gasteiger partial charge in [-0.05, 0) is 12.1 Å². The molecule has 0 aliphatic carbocycles. The van der Waals surface area contributed by atoms with Crippen LogP contribution in [0.25, 0.3) is 11.3 Å². The summed E-state index contributed by atoms with van der Waals surface area (Å²) in [7, 11) is 0. The molecule has 16 heavy (non-hydrogen) atoms. The van der Waals surface area contributed by atoms with Gasteiger partial charge in [-0.15, -0.1) is 0 Å². The summed E-state index contributed by atoms with van der Waals surface area (Å²) in [6.45, 7) is 1.43. The van der Waals surface area contributed by atoms with Crippen LogP contribution in [0.4, 0.5) is 6.01 Å². The molecule has 0 unspecified atom stereocenters. The van der Waals surface area contributed by atoms with Crippen molar-refractivity contribution in [3.63, 3.8) is 0 Å². The van der Waals surface area contributed by atoms with Crippen molar-refractivity contribution in [1.82, 2.24) is 4.98 Å². The second-order valence-corrected chi connectivity index (χ2v) is 4.21. The van der Waals surface area contributed by atoms with Crippen LogP contribution in [0.2, 0.25) is 0 Å². The largest absolute Gasteiger partial charge is 0.423 e. The van der Waals surface area contributed by atoms with Crippen molar-refractivity contribution in [2.24, 2.45) is 0 Å². The molecule has 0 bridgehead atoms. The maximum Gasteiger partial charge on any atom is 0.293 e.